The third-order valence-electron chi connectivity index (χ3n) is 7.35. The molecule has 3 heterocycles. The standard InChI is InChI=1S/C30H35FN6O3/c1-30(2,3)27(39)40-20-37-26(38)13-16-32-28(37)34(4)23-14-17-35(18-15-23)29-33-24-7-5-6-8-25(24)36(29)19-21-9-11-22(31)12-10-21/h5-13,16,23H,14-15,17-20H2,1-4H3. The van der Waals surface area contributed by atoms with Gasteiger partial charge < -0.3 is 19.1 Å². The number of ether oxygens (including phenoxy) is 1. The number of piperidine rings is 1. The van der Waals surface area contributed by atoms with Crippen LogP contribution in [0.3, 0.4) is 0 Å². The third-order valence-corrected chi connectivity index (χ3v) is 7.35. The second kappa shape index (κ2) is 11.1. The summed E-state index contributed by atoms with van der Waals surface area (Å²) in [5.74, 6) is 0.719. The van der Waals surface area contributed by atoms with Gasteiger partial charge in [0.2, 0.25) is 11.9 Å². The molecule has 0 amide bonds. The van der Waals surface area contributed by atoms with Gasteiger partial charge in [-0.3, -0.25) is 9.59 Å². The van der Waals surface area contributed by atoms with Crippen molar-refractivity contribution in [2.24, 2.45) is 5.41 Å². The average molecular weight is 547 g/mol. The summed E-state index contributed by atoms with van der Waals surface area (Å²) in [7, 11) is 1.92. The number of fused-ring (bicyclic) bond motifs is 1. The van der Waals surface area contributed by atoms with Crippen LogP contribution >= 0.6 is 0 Å². The number of nitrogens with zero attached hydrogens (tertiary/aromatic N) is 6. The van der Waals surface area contributed by atoms with Crippen LogP contribution in [-0.4, -0.2) is 51.3 Å². The second-order valence-corrected chi connectivity index (χ2v) is 11.3. The average Bonchev–Trinajstić information content (AvgIpc) is 3.30. The van der Waals surface area contributed by atoms with Gasteiger partial charge in [0.25, 0.3) is 5.56 Å². The fraction of sp³-hybridized carbons (Fsp3) is 0.400. The van der Waals surface area contributed by atoms with Gasteiger partial charge in [0.15, 0.2) is 6.73 Å². The number of rotatable bonds is 7. The molecule has 0 atom stereocenters. The van der Waals surface area contributed by atoms with Gasteiger partial charge in [-0.05, 0) is 63.4 Å². The molecule has 0 aliphatic carbocycles. The Morgan fingerprint density at radius 2 is 1.75 bits per heavy atom. The summed E-state index contributed by atoms with van der Waals surface area (Å²) < 4.78 is 22.5. The molecule has 1 aliphatic heterocycles. The van der Waals surface area contributed by atoms with Gasteiger partial charge in [0.05, 0.1) is 23.0 Å². The minimum absolute atomic E-state index is 0.130. The van der Waals surface area contributed by atoms with E-state index in [1.54, 1.807) is 32.9 Å². The summed E-state index contributed by atoms with van der Waals surface area (Å²) >= 11 is 0. The maximum absolute atomic E-state index is 13.5. The van der Waals surface area contributed by atoms with Crippen molar-refractivity contribution in [3.05, 3.63) is 82.5 Å². The lowest BCUT2D eigenvalue weighted by molar-refractivity contribution is -0.157. The molecular weight excluding hydrogens is 511 g/mol. The van der Waals surface area contributed by atoms with E-state index in [0.717, 1.165) is 48.5 Å². The van der Waals surface area contributed by atoms with E-state index in [9.17, 15) is 14.0 Å². The molecule has 0 unspecified atom stereocenters. The molecule has 1 saturated heterocycles. The number of para-hydroxylation sites is 2. The molecule has 10 heteroatoms. The highest BCUT2D eigenvalue weighted by Gasteiger charge is 2.29. The van der Waals surface area contributed by atoms with Crippen LogP contribution in [0.4, 0.5) is 16.3 Å². The molecule has 5 rings (SSSR count). The molecule has 0 spiro atoms. The number of benzene rings is 2. The number of hydrogen-bond donors (Lipinski definition) is 0. The van der Waals surface area contributed by atoms with Crippen LogP contribution in [0.15, 0.2) is 65.6 Å². The van der Waals surface area contributed by atoms with Crippen LogP contribution in [0.25, 0.3) is 11.0 Å². The van der Waals surface area contributed by atoms with Crippen molar-refractivity contribution < 1.29 is 13.9 Å². The largest absolute Gasteiger partial charge is 0.443 e. The Labute approximate surface area is 232 Å². The maximum atomic E-state index is 13.5. The molecule has 1 fully saturated rings. The first-order valence-corrected chi connectivity index (χ1v) is 13.5. The Morgan fingerprint density at radius 1 is 1.05 bits per heavy atom. The van der Waals surface area contributed by atoms with E-state index in [1.807, 2.05) is 30.1 Å². The summed E-state index contributed by atoms with van der Waals surface area (Å²) in [5.41, 5.74) is 2.01. The minimum atomic E-state index is -0.669. The lowest BCUT2D eigenvalue weighted by Crippen LogP contribution is -2.46. The molecular formula is C30H35FN6O3. The molecule has 0 bridgehead atoms. The Morgan fingerprint density at radius 3 is 2.45 bits per heavy atom. The molecule has 0 N–H and O–H groups in total. The fourth-order valence-corrected chi connectivity index (χ4v) is 5.02. The maximum Gasteiger partial charge on any atom is 0.312 e. The number of carbonyl (C=O) groups is 1. The van der Waals surface area contributed by atoms with Crippen LogP contribution in [-0.2, 0) is 22.8 Å². The van der Waals surface area contributed by atoms with Crippen LogP contribution in [0.2, 0.25) is 0 Å². The van der Waals surface area contributed by atoms with E-state index in [0.29, 0.717) is 12.5 Å². The predicted molar refractivity (Wildman–Crippen MR) is 153 cm³/mol. The molecule has 2 aromatic carbocycles. The van der Waals surface area contributed by atoms with Crippen molar-refractivity contribution in [2.75, 3.05) is 29.9 Å². The van der Waals surface area contributed by atoms with E-state index >= 15 is 0 Å². The Kier molecular flexibility index (Phi) is 7.60. The van der Waals surface area contributed by atoms with Crippen LogP contribution < -0.4 is 15.4 Å². The highest BCUT2D eigenvalue weighted by molar-refractivity contribution is 5.79. The molecule has 2 aromatic heterocycles. The fourth-order valence-electron chi connectivity index (χ4n) is 5.02. The zero-order chi connectivity index (χ0) is 28.4. The Bertz CT molecular complexity index is 1550. The second-order valence-electron chi connectivity index (χ2n) is 11.3. The first-order chi connectivity index (χ1) is 19.1. The Hall–Kier alpha value is -4.21. The quantitative estimate of drug-likeness (QED) is 0.317. The van der Waals surface area contributed by atoms with E-state index in [-0.39, 0.29) is 30.1 Å². The van der Waals surface area contributed by atoms with Gasteiger partial charge in [-0.25, -0.2) is 18.9 Å². The van der Waals surface area contributed by atoms with Crippen LogP contribution in [0, 0.1) is 11.2 Å². The van der Waals surface area contributed by atoms with Gasteiger partial charge in [-0.15, -0.1) is 0 Å². The van der Waals surface area contributed by atoms with Gasteiger partial charge >= 0.3 is 5.97 Å². The van der Waals surface area contributed by atoms with E-state index in [4.69, 9.17) is 9.72 Å². The summed E-state index contributed by atoms with van der Waals surface area (Å²) in [6.07, 6.45) is 3.13. The molecule has 4 aromatic rings. The predicted octanol–water partition coefficient (Wildman–Crippen LogP) is 4.43. The van der Waals surface area contributed by atoms with Gasteiger partial charge in [0.1, 0.15) is 5.82 Å². The summed E-state index contributed by atoms with van der Waals surface area (Å²) in [6, 6.07) is 16.1. The van der Waals surface area contributed by atoms with Crippen LogP contribution in [0.1, 0.15) is 39.2 Å². The number of hydrogen-bond acceptors (Lipinski definition) is 7. The normalized spacial score (nSPS) is 14.5. The monoisotopic (exact) mass is 546 g/mol. The number of esters is 1. The molecule has 0 saturated carbocycles. The number of carbonyl (C=O) groups excluding carboxylic acids is 1. The van der Waals surface area contributed by atoms with Crippen molar-refractivity contribution >= 4 is 28.9 Å². The number of anilines is 2. The molecule has 1 aliphatic rings. The van der Waals surface area contributed by atoms with Crippen molar-refractivity contribution in [3.63, 3.8) is 0 Å². The first kappa shape index (κ1) is 27.4. The van der Waals surface area contributed by atoms with E-state index in [2.05, 4.69) is 20.5 Å². The number of halogens is 1. The van der Waals surface area contributed by atoms with Crippen LogP contribution in [0.5, 0.6) is 0 Å². The lowest BCUT2D eigenvalue weighted by atomic mass is 9.98. The van der Waals surface area contributed by atoms with Gasteiger partial charge in [-0.1, -0.05) is 24.3 Å². The lowest BCUT2D eigenvalue weighted by Gasteiger charge is -2.38. The smallest absolute Gasteiger partial charge is 0.312 e. The summed E-state index contributed by atoms with van der Waals surface area (Å²) in [4.78, 5) is 38.7. The molecule has 0 radical (unpaired) electrons. The van der Waals surface area contributed by atoms with Crippen molar-refractivity contribution in [1.29, 1.82) is 0 Å². The number of imidazole rings is 1. The SMILES string of the molecule is CN(c1nccc(=O)n1COC(=O)C(C)(C)C)C1CCN(c2nc3ccccc3n2Cc2ccc(F)cc2)CC1. The zero-order valence-electron chi connectivity index (χ0n) is 23.4. The van der Waals surface area contributed by atoms with Crippen molar-refractivity contribution in [1.82, 2.24) is 19.1 Å². The summed E-state index contributed by atoms with van der Waals surface area (Å²) in [5, 5.41) is 0. The van der Waals surface area contributed by atoms with E-state index in [1.165, 1.54) is 29.0 Å². The Balaban J connectivity index is 1.33. The topological polar surface area (TPSA) is 85.5 Å². The summed E-state index contributed by atoms with van der Waals surface area (Å²) in [6.45, 7) is 7.25. The highest BCUT2D eigenvalue weighted by atomic mass is 19.1. The molecule has 210 valence electrons. The highest BCUT2D eigenvalue weighted by Crippen LogP contribution is 2.28. The molecule has 9 nitrogen and oxygen atoms in total. The van der Waals surface area contributed by atoms with Crippen molar-refractivity contribution in [3.8, 4) is 0 Å². The zero-order valence-corrected chi connectivity index (χ0v) is 23.4. The van der Waals surface area contributed by atoms with Gasteiger partial charge in [0, 0.05) is 38.4 Å². The van der Waals surface area contributed by atoms with Crippen molar-refractivity contribution in [2.45, 2.75) is 52.9 Å². The van der Waals surface area contributed by atoms with Gasteiger partial charge in [-0.2, -0.15) is 0 Å². The third kappa shape index (κ3) is 5.71. The first-order valence-electron chi connectivity index (χ1n) is 13.5. The molecule has 40 heavy (non-hydrogen) atoms. The van der Waals surface area contributed by atoms with E-state index < -0.39 is 5.41 Å². The number of aromatic nitrogens is 4. The minimum Gasteiger partial charge on any atom is -0.443 e.